The lowest BCUT2D eigenvalue weighted by atomic mass is 9.98. The van der Waals surface area contributed by atoms with Crippen molar-refractivity contribution in [3.05, 3.63) is 94.5 Å². The van der Waals surface area contributed by atoms with Crippen LogP contribution >= 0.6 is 11.8 Å². The van der Waals surface area contributed by atoms with E-state index in [1.165, 1.54) is 6.07 Å². The first-order valence-corrected chi connectivity index (χ1v) is 12.6. The lowest BCUT2D eigenvalue weighted by Crippen LogP contribution is -2.26. The van der Waals surface area contributed by atoms with E-state index in [2.05, 4.69) is 4.72 Å². The predicted octanol–water partition coefficient (Wildman–Crippen LogP) is 4.39. The van der Waals surface area contributed by atoms with Gasteiger partial charge < -0.3 is 9.84 Å². The number of nitrogens with one attached hydrogen (secondary N) is 1. The molecule has 8 heteroatoms. The van der Waals surface area contributed by atoms with Crippen molar-refractivity contribution in [3.8, 4) is 5.75 Å². The second kappa shape index (κ2) is 9.36. The molecule has 1 aliphatic rings. The zero-order valence-electron chi connectivity index (χ0n) is 17.4. The summed E-state index contributed by atoms with van der Waals surface area (Å²) in [6, 6.07) is 19.5. The van der Waals surface area contributed by atoms with Gasteiger partial charge in [-0.05, 0) is 48.4 Å². The molecular weight excluding hydrogens is 446 g/mol. The Morgan fingerprint density at radius 3 is 2.59 bits per heavy atom. The van der Waals surface area contributed by atoms with E-state index in [1.54, 1.807) is 48.2 Å². The van der Waals surface area contributed by atoms with Crippen LogP contribution in [0.4, 0.5) is 0 Å². The Kier molecular flexibility index (Phi) is 6.55. The highest BCUT2D eigenvalue weighted by atomic mass is 32.2. The minimum atomic E-state index is -3.59. The second-order valence-corrected chi connectivity index (χ2v) is 10.5. The number of carboxylic acid groups (broad SMARTS) is 1. The largest absolute Gasteiger partial charge is 0.489 e. The van der Waals surface area contributed by atoms with Crippen LogP contribution in [0.1, 0.15) is 37.9 Å². The molecule has 2 N–H and O–H groups in total. The van der Waals surface area contributed by atoms with Crippen molar-refractivity contribution in [1.82, 2.24) is 4.72 Å². The predicted molar refractivity (Wildman–Crippen MR) is 125 cm³/mol. The minimum absolute atomic E-state index is 0.174. The van der Waals surface area contributed by atoms with Gasteiger partial charge in [0.25, 0.3) is 0 Å². The first-order chi connectivity index (χ1) is 15.3. The van der Waals surface area contributed by atoms with E-state index in [0.29, 0.717) is 18.1 Å². The van der Waals surface area contributed by atoms with Crippen molar-refractivity contribution in [2.75, 3.05) is 12.3 Å². The van der Waals surface area contributed by atoms with Gasteiger partial charge in [-0.1, -0.05) is 42.0 Å². The summed E-state index contributed by atoms with van der Waals surface area (Å²) in [4.78, 5) is 11.8. The van der Waals surface area contributed by atoms with Crippen LogP contribution in [-0.4, -0.2) is 31.8 Å². The Labute approximate surface area is 191 Å². The first-order valence-electron chi connectivity index (χ1n) is 10.1. The molecule has 1 aliphatic heterocycles. The highest BCUT2D eigenvalue weighted by Crippen LogP contribution is 2.44. The van der Waals surface area contributed by atoms with Gasteiger partial charge in [0.2, 0.25) is 10.0 Å². The summed E-state index contributed by atoms with van der Waals surface area (Å²) in [7, 11) is -3.59. The lowest BCUT2D eigenvalue weighted by Gasteiger charge is -2.19. The molecule has 4 rings (SSSR count). The maximum atomic E-state index is 12.6. The number of hydrogen-bond acceptors (Lipinski definition) is 5. The Bertz CT molecular complexity index is 1240. The maximum Gasteiger partial charge on any atom is 0.335 e. The molecule has 0 saturated heterocycles. The van der Waals surface area contributed by atoms with Gasteiger partial charge in [-0.15, -0.1) is 11.8 Å². The van der Waals surface area contributed by atoms with Gasteiger partial charge in [0.05, 0.1) is 15.7 Å². The highest BCUT2D eigenvalue weighted by Gasteiger charge is 2.26. The Hall–Kier alpha value is -2.81. The molecule has 0 spiro atoms. The van der Waals surface area contributed by atoms with Crippen LogP contribution in [0.15, 0.2) is 71.6 Å². The van der Waals surface area contributed by atoms with Gasteiger partial charge in [-0.2, -0.15) is 0 Å². The molecule has 1 unspecified atom stereocenters. The number of fused-ring (bicyclic) bond motifs is 2. The molecule has 3 aromatic carbocycles. The average molecular weight is 470 g/mol. The lowest BCUT2D eigenvalue weighted by molar-refractivity contribution is 0.0696. The van der Waals surface area contributed by atoms with E-state index in [4.69, 9.17) is 4.74 Å². The summed E-state index contributed by atoms with van der Waals surface area (Å²) in [6.07, 6.45) is 0. The van der Waals surface area contributed by atoms with Crippen LogP contribution < -0.4 is 9.46 Å². The molecule has 0 bridgehead atoms. The molecule has 0 saturated carbocycles. The maximum absolute atomic E-state index is 12.6. The molecule has 0 fully saturated rings. The van der Waals surface area contributed by atoms with Gasteiger partial charge in [0.1, 0.15) is 12.4 Å². The number of rotatable bonds is 7. The Balaban J connectivity index is 1.54. The zero-order valence-corrected chi connectivity index (χ0v) is 19.1. The molecule has 1 heterocycles. The van der Waals surface area contributed by atoms with E-state index >= 15 is 0 Å². The fraction of sp³-hybridized carbons (Fsp3) is 0.208. The van der Waals surface area contributed by atoms with E-state index in [1.807, 2.05) is 31.2 Å². The molecule has 0 aromatic heterocycles. The molecule has 0 amide bonds. The highest BCUT2D eigenvalue weighted by molar-refractivity contribution is 7.99. The third kappa shape index (κ3) is 4.82. The number of aromatic carboxylic acids is 1. The average Bonchev–Trinajstić information content (AvgIpc) is 2.93. The number of benzene rings is 3. The van der Waals surface area contributed by atoms with Crippen LogP contribution in [0.2, 0.25) is 0 Å². The fourth-order valence-electron chi connectivity index (χ4n) is 3.60. The van der Waals surface area contributed by atoms with Crippen LogP contribution in [0.3, 0.4) is 0 Å². The summed E-state index contributed by atoms with van der Waals surface area (Å²) in [5.74, 6) is 0.143. The van der Waals surface area contributed by atoms with E-state index < -0.39 is 16.0 Å². The van der Waals surface area contributed by atoms with Crippen LogP contribution in [0.5, 0.6) is 5.75 Å². The van der Waals surface area contributed by atoms with Gasteiger partial charge >= 0.3 is 5.97 Å². The number of aryl methyl sites for hydroxylation is 1. The molecular formula is C24H23NO5S2. The quantitative estimate of drug-likeness (QED) is 0.499. The van der Waals surface area contributed by atoms with Crippen molar-refractivity contribution in [2.45, 2.75) is 23.7 Å². The van der Waals surface area contributed by atoms with Gasteiger partial charge in [0.15, 0.2) is 0 Å². The van der Waals surface area contributed by atoms with Crippen molar-refractivity contribution >= 4 is 27.8 Å². The summed E-state index contributed by atoms with van der Waals surface area (Å²) in [5.41, 5.74) is 4.03. The molecule has 0 radical (unpaired) electrons. The molecule has 3 aromatic rings. The van der Waals surface area contributed by atoms with Crippen molar-refractivity contribution in [2.24, 2.45) is 0 Å². The monoisotopic (exact) mass is 469 g/mol. The molecule has 6 nitrogen and oxygen atoms in total. The normalized spacial score (nSPS) is 15.2. The summed E-state index contributed by atoms with van der Waals surface area (Å²) < 4.78 is 33.7. The number of carbonyl (C=O) groups is 1. The van der Waals surface area contributed by atoms with Crippen molar-refractivity contribution < 1.29 is 23.1 Å². The second-order valence-electron chi connectivity index (χ2n) is 7.51. The van der Waals surface area contributed by atoms with Crippen LogP contribution in [0, 0.1) is 6.92 Å². The van der Waals surface area contributed by atoms with Crippen LogP contribution in [0.25, 0.3) is 0 Å². The zero-order chi connectivity index (χ0) is 22.7. The molecule has 166 valence electrons. The van der Waals surface area contributed by atoms with Crippen molar-refractivity contribution in [1.29, 1.82) is 0 Å². The van der Waals surface area contributed by atoms with Crippen LogP contribution in [-0.2, 0) is 16.6 Å². The van der Waals surface area contributed by atoms with Gasteiger partial charge in [0, 0.05) is 17.9 Å². The minimum Gasteiger partial charge on any atom is -0.489 e. The number of carboxylic acids is 1. The number of sulfonamides is 1. The van der Waals surface area contributed by atoms with E-state index in [-0.39, 0.29) is 22.3 Å². The topological polar surface area (TPSA) is 92.7 Å². The van der Waals surface area contributed by atoms with E-state index in [0.717, 1.165) is 22.3 Å². The Morgan fingerprint density at radius 1 is 1.09 bits per heavy atom. The fourth-order valence-corrected chi connectivity index (χ4v) is 5.99. The molecule has 32 heavy (non-hydrogen) atoms. The third-order valence-corrected chi connectivity index (χ3v) is 8.03. The smallest absolute Gasteiger partial charge is 0.335 e. The van der Waals surface area contributed by atoms with Crippen molar-refractivity contribution in [3.63, 3.8) is 0 Å². The van der Waals surface area contributed by atoms with E-state index in [9.17, 15) is 18.3 Å². The third-order valence-electron chi connectivity index (χ3n) is 5.27. The molecule has 1 atom stereocenters. The molecule has 0 aliphatic carbocycles. The summed E-state index contributed by atoms with van der Waals surface area (Å²) >= 11 is 1.55. The Morgan fingerprint density at radius 2 is 1.84 bits per heavy atom. The number of thioether (sulfide) groups is 1. The number of ether oxygens (including phenoxy) is 1. The standard InChI is InChI=1S/C24H23NO5S2/c1-16-6-9-19(10-7-16)32(28,29)25-12-13-31-23-20-5-3-2-4-18(20)15-30-22-11-8-17(24(26)27)14-21(22)23/h2-11,14,23,25H,12-13,15H2,1H3,(H,26,27). The summed E-state index contributed by atoms with van der Waals surface area (Å²) in [6.45, 7) is 2.55. The number of hydrogen-bond donors (Lipinski definition) is 2. The van der Waals surface area contributed by atoms with Gasteiger partial charge in [-0.25, -0.2) is 17.9 Å². The van der Waals surface area contributed by atoms with Gasteiger partial charge in [-0.3, -0.25) is 0 Å². The first kappa shape index (κ1) is 22.4. The SMILES string of the molecule is Cc1ccc(S(=O)(=O)NCCSC2c3ccccc3COc3ccc(C(=O)O)cc32)cc1. The summed E-state index contributed by atoms with van der Waals surface area (Å²) in [5, 5.41) is 9.27.